The van der Waals surface area contributed by atoms with Gasteiger partial charge >= 0.3 is 5.69 Å². The molecule has 0 bridgehead atoms. The van der Waals surface area contributed by atoms with Gasteiger partial charge in [-0.15, -0.1) is 0 Å². The van der Waals surface area contributed by atoms with Gasteiger partial charge in [-0.2, -0.15) is 5.26 Å². The maximum atomic E-state index is 11.2. The molecule has 0 unspecified atom stereocenters. The lowest BCUT2D eigenvalue weighted by Crippen LogP contribution is -2.28. The second-order valence-electron chi connectivity index (χ2n) is 3.29. The molecule has 0 aliphatic carbocycles. The summed E-state index contributed by atoms with van der Waals surface area (Å²) in [5.41, 5.74) is -0.176. The van der Waals surface area contributed by atoms with Gasteiger partial charge in [0, 0.05) is 12.6 Å². The van der Waals surface area contributed by atoms with E-state index in [4.69, 9.17) is 10.00 Å². The zero-order valence-corrected chi connectivity index (χ0v) is 9.67. The van der Waals surface area contributed by atoms with Crippen molar-refractivity contribution in [3.63, 3.8) is 0 Å². The SMILES string of the molecule is CCNC(=O)COc1ccc(C#N)cc1[N+](=O)[O-]. The van der Waals surface area contributed by atoms with E-state index in [1.807, 2.05) is 0 Å². The molecule has 0 heterocycles. The molecule has 0 fully saturated rings. The van der Waals surface area contributed by atoms with E-state index in [9.17, 15) is 14.9 Å². The minimum Gasteiger partial charge on any atom is -0.477 e. The van der Waals surface area contributed by atoms with Crippen molar-refractivity contribution in [2.75, 3.05) is 13.2 Å². The fraction of sp³-hybridized carbons (Fsp3) is 0.273. The summed E-state index contributed by atoms with van der Waals surface area (Å²) in [7, 11) is 0. The summed E-state index contributed by atoms with van der Waals surface area (Å²) in [6.45, 7) is 1.90. The molecule has 1 amide bonds. The predicted octanol–water partition coefficient (Wildman–Crippen LogP) is 0.981. The lowest BCUT2D eigenvalue weighted by atomic mass is 10.2. The van der Waals surface area contributed by atoms with Crippen LogP contribution in [0.25, 0.3) is 0 Å². The molecule has 0 saturated carbocycles. The number of ether oxygens (including phenoxy) is 1. The molecule has 1 aromatic carbocycles. The molecule has 0 radical (unpaired) electrons. The Labute approximate surface area is 103 Å². The number of nitriles is 1. The van der Waals surface area contributed by atoms with Gasteiger partial charge in [-0.3, -0.25) is 14.9 Å². The molecule has 0 aromatic heterocycles. The van der Waals surface area contributed by atoms with Crippen LogP contribution in [0.4, 0.5) is 5.69 Å². The van der Waals surface area contributed by atoms with Crippen molar-refractivity contribution in [3.8, 4) is 11.8 Å². The first-order chi connectivity index (χ1) is 8.58. The van der Waals surface area contributed by atoms with Crippen molar-refractivity contribution in [2.24, 2.45) is 0 Å². The predicted molar refractivity (Wildman–Crippen MR) is 62.0 cm³/mol. The lowest BCUT2D eigenvalue weighted by Gasteiger charge is -2.06. The Morgan fingerprint density at radius 2 is 2.33 bits per heavy atom. The zero-order valence-electron chi connectivity index (χ0n) is 9.67. The van der Waals surface area contributed by atoms with Crippen LogP contribution in [-0.2, 0) is 4.79 Å². The molecule has 1 N–H and O–H groups in total. The minimum atomic E-state index is -0.659. The van der Waals surface area contributed by atoms with Gasteiger partial charge in [-0.05, 0) is 19.1 Å². The fourth-order valence-electron chi connectivity index (χ4n) is 1.24. The van der Waals surface area contributed by atoms with E-state index in [0.717, 1.165) is 6.07 Å². The van der Waals surface area contributed by atoms with Gasteiger partial charge in [-0.1, -0.05) is 0 Å². The summed E-state index contributed by atoms with van der Waals surface area (Å²) in [5.74, 6) is -0.401. The van der Waals surface area contributed by atoms with Gasteiger partial charge in [0.2, 0.25) is 0 Å². The quantitative estimate of drug-likeness (QED) is 0.618. The molecule has 18 heavy (non-hydrogen) atoms. The van der Waals surface area contributed by atoms with Gasteiger partial charge in [0.05, 0.1) is 16.6 Å². The highest BCUT2D eigenvalue weighted by Crippen LogP contribution is 2.27. The Morgan fingerprint density at radius 3 is 2.89 bits per heavy atom. The molecule has 0 atom stereocenters. The number of nitrogens with zero attached hydrogens (tertiary/aromatic N) is 2. The molecule has 1 rings (SSSR count). The van der Waals surface area contributed by atoms with Gasteiger partial charge in [-0.25, -0.2) is 0 Å². The largest absolute Gasteiger partial charge is 0.477 e. The second-order valence-corrected chi connectivity index (χ2v) is 3.29. The number of amides is 1. The number of nitro groups is 1. The molecule has 0 spiro atoms. The van der Waals surface area contributed by atoms with E-state index >= 15 is 0 Å². The van der Waals surface area contributed by atoms with Crippen LogP contribution in [-0.4, -0.2) is 24.0 Å². The van der Waals surface area contributed by atoms with Crippen LogP contribution in [0.5, 0.6) is 5.75 Å². The first-order valence-corrected chi connectivity index (χ1v) is 5.16. The molecule has 7 heteroatoms. The summed E-state index contributed by atoms with van der Waals surface area (Å²) in [6.07, 6.45) is 0. The Hall–Kier alpha value is -2.62. The number of hydrogen-bond donors (Lipinski definition) is 1. The van der Waals surface area contributed by atoms with Crippen LogP contribution in [0, 0.1) is 21.4 Å². The molecular weight excluding hydrogens is 238 g/mol. The standard InChI is InChI=1S/C11H11N3O4/c1-2-13-11(15)7-18-10-4-3-8(6-12)5-9(10)14(16)17/h3-5H,2,7H2,1H3,(H,13,15). The summed E-state index contributed by atoms with van der Waals surface area (Å²) < 4.78 is 5.05. The van der Waals surface area contributed by atoms with Gasteiger partial charge in [0.25, 0.3) is 5.91 Å². The number of benzene rings is 1. The van der Waals surface area contributed by atoms with E-state index in [2.05, 4.69) is 5.32 Å². The molecular formula is C11H11N3O4. The van der Waals surface area contributed by atoms with Gasteiger partial charge in [0.15, 0.2) is 12.4 Å². The monoisotopic (exact) mass is 249 g/mol. The van der Waals surface area contributed by atoms with Crippen LogP contribution in [0.3, 0.4) is 0 Å². The van der Waals surface area contributed by atoms with Crippen molar-refractivity contribution >= 4 is 11.6 Å². The van der Waals surface area contributed by atoms with Crippen molar-refractivity contribution in [3.05, 3.63) is 33.9 Å². The number of carbonyl (C=O) groups excluding carboxylic acids is 1. The summed E-state index contributed by atoms with van der Waals surface area (Å²) in [6, 6.07) is 5.59. The third kappa shape index (κ3) is 3.45. The minimum absolute atomic E-state index is 0.0368. The topological polar surface area (TPSA) is 105 Å². The summed E-state index contributed by atoms with van der Waals surface area (Å²) in [4.78, 5) is 21.3. The normalized spacial score (nSPS) is 9.33. The number of rotatable bonds is 5. The number of likely N-dealkylation sites (N-methyl/N-ethyl adjacent to an activating group) is 1. The van der Waals surface area contributed by atoms with Crippen molar-refractivity contribution < 1.29 is 14.5 Å². The molecule has 94 valence electrons. The molecule has 0 saturated heterocycles. The summed E-state index contributed by atoms with van der Waals surface area (Å²) >= 11 is 0. The van der Waals surface area contributed by atoms with E-state index < -0.39 is 4.92 Å². The van der Waals surface area contributed by atoms with Crippen LogP contribution in [0.1, 0.15) is 12.5 Å². The Morgan fingerprint density at radius 1 is 1.61 bits per heavy atom. The maximum Gasteiger partial charge on any atom is 0.312 e. The highest BCUT2D eigenvalue weighted by molar-refractivity contribution is 5.77. The fourth-order valence-corrected chi connectivity index (χ4v) is 1.24. The van der Waals surface area contributed by atoms with Gasteiger partial charge in [0.1, 0.15) is 0 Å². The average molecular weight is 249 g/mol. The molecule has 1 aromatic rings. The van der Waals surface area contributed by atoms with E-state index in [0.29, 0.717) is 6.54 Å². The van der Waals surface area contributed by atoms with E-state index in [1.165, 1.54) is 12.1 Å². The number of hydrogen-bond acceptors (Lipinski definition) is 5. The van der Waals surface area contributed by atoms with Crippen LogP contribution >= 0.6 is 0 Å². The van der Waals surface area contributed by atoms with Crippen LogP contribution in [0.15, 0.2) is 18.2 Å². The highest BCUT2D eigenvalue weighted by Gasteiger charge is 2.16. The Kier molecular flexibility index (Phi) is 4.63. The maximum absolute atomic E-state index is 11.2. The number of nitro benzene ring substituents is 1. The third-order valence-electron chi connectivity index (χ3n) is 2.02. The van der Waals surface area contributed by atoms with Crippen molar-refractivity contribution in [1.82, 2.24) is 5.32 Å². The Balaban J connectivity index is 2.86. The average Bonchev–Trinajstić information content (AvgIpc) is 2.36. The highest BCUT2D eigenvalue weighted by atomic mass is 16.6. The van der Waals surface area contributed by atoms with E-state index in [1.54, 1.807) is 13.0 Å². The number of carbonyl (C=O) groups is 1. The molecule has 7 nitrogen and oxygen atoms in total. The van der Waals surface area contributed by atoms with Crippen molar-refractivity contribution in [2.45, 2.75) is 6.92 Å². The first kappa shape index (κ1) is 13.4. The lowest BCUT2D eigenvalue weighted by molar-refractivity contribution is -0.385. The Bertz CT molecular complexity index is 508. The molecule has 0 aliphatic rings. The van der Waals surface area contributed by atoms with Crippen LogP contribution in [0.2, 0.25) is 0 Å². The van der Waals surface area contributed by atoms with Crippen LogP contribution < -0.4 is 10.1 Å². The first-order valence-electron chi connectivity index (χ1n) is 5.16. The van der Waals surface area contributed by atoms with Crippen molar-refractivity contribution in [1.29, 1.82) is 5.26 Å². The zero-order chi connectivity index (χ0) is 13.5. The van der Waals surface area contributed by atoms with E-state index in [-0.39, 0.29) is 29.5 Å². The molecule has 0 aliphatic heterocycles. The smallest absolute Gasteiger partial charge is 0.312 e. The number of nitrogens with one attached hydrogen (secondary N) is 1. The summed E-state index contributed by atoms with van der Waals surface area (Å²) in [5, 5.41) is 21.9. The second kappa shape index (κ2) is 6.20. The third-order valence-corrected chi connectivity index (χ3v) is 2.02. The van der Waals surface area contributed by atoms with Gasteiger partial charge < -0.3 is 10.1 Å².